The molecule has 2 aliphatic rings. The number of nitrogens with two attached hydrogens (primary N) is 1. The Labute approximate surface area is 170 Å². The van der Waals surface area contributed by atoms with Crippen LogP contribution in [0, 0.1) is 0 Å². The standard InChI is InChI=1S/C21H18BF2N3OS/c23-22(24)26-16(14-17-6-10-20(27(17)22)21-2-1-13-29-21)5-9-19(26)15-3-7-18(8-4-15)28-12-11-25/h1-10,13-14H,11-12,25H2. The van der Waals surface area contributed by atoms with Crippen LogP contribution >= 0.6 is 11.3 Å². The highest BCUT2D eigenvalue weighted by Crippen LogP contribution is 2.37. The number of rotatable bonds is 5. The summed E-state index contributed by atoms with van der Waals surface area (Å²) in [7, 11) is 0. The lowest BCUT2D eigenvalue weighted by Gasteiger charge is -2.30. The normalized spacial score (nSPS) is 16.6. The molecule has 146 valence electrons. The van der Waals surface area contributed by atoms with Crippen LogP contribution < -0.4 is 10.5 Å². The van der Waals surface area contributed by atoms with Crippen molar-refractivity contribution >= 4 is 30.1 Å². The van der Waals surface area contributed by atoms with Crippen molar-refractivity contribution in [2.24, 2.45) is 5.73 Å². The third kappa shape index (κ3) is 2.87. The van der Waals surface area contributed by atoms with Crippen molar-refractivity contribution in [1.29, 1.82) is 0 Å². The summed E-state index contributed by atoms with van der Waals surface area (Å²) in [5.74, 6) is 0.668. The minimum absolute atomic E-state index is 0.415. The zero-order valence-corrected chi connectivity index (χ0v) is 16.3. The number of nitrogens with zero attached hydrogens (tertiary/aromatic N) is 2. The van der Waals surface area contributed by atoms with E-state index in [0.717, 1.165) is 9.36 Å². The van der Waals surface area contributed by atoms with Gasteiger partial charge in [0.05, 0.1) is 0 Å². The van der Waals surface area contributed by atoms with Gasteiger partial charge in [0.1, 0.15) is 12.4 Å². The van der Waals surface area contributed by atoms with Gasteiger partial charge in [-0.15, -0.1) is 11.3 Å². The van der Waals surface area contributed by atoms with E-state index in [-0.39, 0.29) is 0 Å². The van der Waals surface area contributed by atoms with Gasteiger partial charge in [-0.1, -0.05) is 6.07 Å². The summed E-state index contributed by atoms with van der Waals surface area (Å²) in [6.07, 6.45) is 5.29. The molecule has 0 unspecified atom stereocenters. The number of ether oxygens (including phenoxy) is 1. The van der Waals surface area contributed by atoms with E-state index in [0.29, 0.717) is 47.3 Å². The van der Waals surface area contributed by atoms with Crippen LogP contribution in [-0.4, -0.2) is 34.8 Å². The molecule has 0 spiro atoms. The summed E-state index contributed by atoms with van der Waals surface area (Å²) in [6, 6.07) is 14.4. The molecule has 3 aromatic rings. The topological polar surface area (TPSA) is 43.2 Å². The molecule has 8 heteroatoms. The van der Waals surface area contributed by atoms with Crippen molar-refractivity contribution in [3.05, 3.63) is 83.0 Å². The van der Waals surface area contributed by atoms with E-state index in [9.17, 15) is 0 Å². The maximum absolute atomic E-state index is 15.8. The molecule has 29 heavy (non-hydrogen) atoms. The lowest BCUT2D eigenvalue weighted by molar-refractivity contribution is -0.360. The second-order valence-corrected chi connectivity index (χ2v) is 7.85. The number of hydrogen-bond donors (Lipinski definition) is 1. The molecule has 0 atom stereocenters. The van der Waals surface area contributed by atoms with E-state index in [2.05, 4.69) is 0 Å². The van der Waals surface area contributed by atoms with E-state index in [4.69, 9.17) is 10.5 Å². The van der Waals surface area contributed by atoms with E-state index in [1.807, 2.05) is 17.5 Å². The molecule has 1 aromatic carbocycles. The monoisotopic (exact) mass is 409 g/mol. The number of hydrogen-bond acceptors (Lipinski definition) is 3. The Bertz CT molecular complexity index is 1160. The summed E-state index contributed by atoms with van der Waals surface area (Å²) in [4.78, 5) is 0.824. The van der Waals surface area contributed by atoms with Gasteiger partial charge < -0.3 is 28.1 Å². The fraction of sp³-hybridized carbons (Fsp3) is 0.0952. The molecule has 0 aliphatic carbocycles. The zero-order valence-electron chi connectivity index (χ0n) is 15.5. The van der Waals surface area contributed by atoms with Crippen LogP contribution in [0.5, 0.6) is 5.75 Å². The van der Waals surface area contributed by atoms with Crippen molar-refractivity contribution in [3.8, 4) is 16.3 Å². The Balaban J connectivity index is 1.61. The van der Waals surface area contributed by atoms with Crippen molar-refractivity contribution < 1.29 is 17.9 Å². The van der Waals surface area contributed by atoms with Crippen LogP contribution in [0.1, 0.15) is 11.3 Å². The molecule has 0 radical (unpaired) electrons. The molecule has 0 amide bonds. The van der Waals surface area contributed by atoms with E-state index >= 15 is 8.63 Å². The van der Waals surface area contributed by atoms with Crippen LogP contribution in [0.3, 0.4) is 0 Å². The smallest absolute Gasteiger partial charge is 0.492 e. The van der Waals surface area contributed by atoms with Crippen LogP contribution in [0.2, 0.25) is 0 Å². The molecule has 2 aliphatic heterocycles. The van der Waals surface area contributed by atoms with Gasteiger partial charge in [-0.2, -0.15) is 0 Å². The second kappa shape index (κ2) is 6.82. The molecule has 2 N–H and O–H groups in total. The molecule has 0 fully saturated rings. The van der Waals surface area contributed by atoms with E-state index < -0.39 is 6.97 Å². The molecule has 0 bridgehead atoms. The lowest BCUT2D eigenvalue weighted by atomic mass is 9.90. The van der Waals surface area contributed by atoms with Crippen LogP contribution in [-0.2, 0) is 0 Å². The SMILES string of the molecule is NCCOc1ccc(C2=[N+]3C(=Cc4ccc(-c5cccs5)n4[B-]3(F)F)C=C2)cc1. The van der Waals surface area contributed by atoms with Gasteiger partial charge in [0.25, 0.3) is 0 Å². The number of halogens is 2. The minimum Gasteiger partial charge on any atom is -0.492 e. The van der Waals surface area contributed by atoms with Gasteiger partial charge in [0, 0.05) is 46.6 Å². The minimum atomic E-state index is -4.05. The second-order valence-electron chi connectivity index (χ2n) is 6.90. The number of aromatic nitrogens is 1. The summed E-state index contributed by atoms with van der Waals surface area (Å²) < 4.78 is 39.5. The maximum Gasteiger partial charge on any atom is 0.737 e. The number of benzene rings is 1. The number of allylic oxidation sites excluding steroid dienone is 2. The quantitative estimate of drug-likeness (QED) is 0.642. The summed E-state index contributed by atoms with van der Waals surface area (Å²) in [5, 5.41) is 1.90. The molecule has 0 saturated heterocycles. The maximum atomic E-state index is 15.8. The Kier molecular flexibility index (Phi) is 4.26. The third-order valence-electron chi connectivity index (χ3n) is 5.13. The van der Waals surface area contributed by atoms with Crippen molar-refractivity contribution in [2.75, 3.05) is 13.2 Å². The lowest BCUT2D eigenvalue weighted by Crippen LogP contribution is -2.50. The highest BCUT2D eigenvalue weighted by Gasteiger charge is 2.52. The fourth-order valence-corrected chi connectivity index (χ4v) is 4.63. The number of fused-ring (bicyclic) bond motifs is 2. The van der Waals surface area contributed by atoms with Crippen LogP contribution in [0.4, 0.5) is 8.63 Å². The van der Waals surface area contributed by atoms with Gasteiger partial charge in [-0.3, -0.25) is 0 Å². The molecular weight excluding hydrogens is 391 g/mol. The van der Waals surface area contributed by atoms with Gasteiger partial charge in [-0.05, 0) is 47.8 Å². The van der Waals surface area contributed by atoms with Gasteiger partial charge in [-0.25, -0.2) is 0 Å². The summed E-state index contributed by atoms with van der Waals surface area (Å²) >= 11 is 1.46. The molecule has 4 nitrogen and oxygen atoms in total. The molecule has 5 rings (SSSR count). The Hall–Kier alpha value is -2.97. The van der Waals surface area contributed by atoms with Gasteiger partial charge >= 0.3 is 6.97 Å². The predicted octanol–water partition coefficient (Wildman–Crippen LogP) is 4.20. The summed E-state index contributed by atoms with van der Waals surface area (Å²) in [6.45, 7) is -3.21. The zero-order chi connectivity index (χ0) is 20.0. The first-order valence-corrected chi connectivity index (χ1v) is 10.2. The van der Waals surface area contributed by atoms with Gasteiger partial charge in [0.15, 0.2) is 11.4 Å². The van der Waals surface area contributed by atoms with E-state index in [1.54, 1.807) is 54.6 Å². The Morgan fingerprint density at radius 1 is 1.07 bits per heavy atom. The van der Waals surface area contributed by atoms with Crippen molar-refractivity contribution in [2.45, 2.75) is 0 Å². The number of thiophene rings is 1. The first-order valence-electron chi connectivity index (χ1n) is 9.36. The highest BCUT2D eigenvalue weighted by atomic mass is 32.1. The first-order chi connectivity index (χ1) is 14.1. The average molecular weight is 409 g/mol. The van der Waals surface area contributed by atoms with E-state index in [1.165, 1.54) is 15.8 Å². The molecular formula is C21H18BF2N3OS. The van der Waals surface area contributed by atoms with Crippen LogP contribution in [0.15, 0.2) is 71.8 Å². The Morgan fingerprint density at radius 3 is 2.62 bits per heavy atom. The molecule has 4 heterocycles. The predicted molar refractivity (Wildman–Crippen MR) is 114 cm³/mol. The molecule has 0 saturated carbocycles. The fourth-order valence-electron chi connectivity index (χ4n) is 3.88. The first kappa shape index (κ1) is 18.1. The van der Waals surface area contributed by atoms with Crippen molar-refractivity contribution in [1.82, 2.24) is 4.48 Å². The highest BCUT2D eigenvalue weighted by molar-refractivity contribution is 7.13. The van der Waals surface area contributed by atoms with Crippen molar-refractivity contribution in [3.63, 3.8) is 0 Å². The molecule has 2 aromatic heterocycles. The summed E-state index contributed by atoms with van der Waals surface area (Å²) in [5.41, 5.74) is 8.18. The van der Waals surface area contributed by atoms with Crippen LogP contribution in [0.25, 0.3) is 16.6 Å². The Morgan fingerprint density at radius 2 is 1.90 bits per heavy atom. The largest absolute Gasteiger partial charge is 0.737 e. The third-order valence-corrected chi connectivity index (χ3v) is 6.02. The average Bonchev–Trinajstić information content (AvgIpc) is 3.46. The van der Waals surface area contributed by atoms with Gasteiger partial charge in [0.2, 0.25) is 0 Å².